The Labute approximate surface area is 109 Å². The molecular formula is C17H19N. The first-order valence-electron chi connectivity index (χ1n) is 6.72. The van der Waals surface area contributed by atoms with Crippen LogP contribution in [-0.4, -0.2) is 7.05 Å². The lowest BCUT2D eigenvalue weighted by Gasteiger charge is -2.07. The van der Waals surface area contributed by atoms with Gasteiger partial charge in [0, 0.05) is 6.54 Å². The van der Waals surface area contributed by atoms with Gasteiger partial charge < -0.3 is 5.32 Å². The van der Waals surface area contributed by atoms with Crippen molar-refractivity contribution < 1.29 is 0 Å². The van der Waals surface area contributed by atoms with Gasteiger partial charge in [0.15, 0.2) is 0 Å². The SMILES string of the molecule is CNCc1cccc(-c2ccc3c(c2)CCC3)c1. The fraction of sp³-hybridized carbons (Fsp3) is 0.294. The first-order chi connectivity index (χ1) is 8.86. The van der Waals surface area contributed by atoms with Crippen LogP contribution in [0.2, 0.25) is 0 Å². The zero-order chi connectivity index (χ0) is 12.4. The Morgan fingerprint density at radius 1 is 0.944 bits per heavy atom. The molecule has 2 aromatic carbocycles. The molecule has 0 saturated carbocycles. The third kappa shape index (κ3) is 2.19. The predicted octanol–water partition coefficient (Wildman–Crippen LogP) is 3.56. The maximum atomic E-state index is 3.20. The maximum Gasteiger partial charge on any atom is 0.0202 e. The third-order valence-corrected chi connectivity index (χ3v) is 3.74. The van der Waals surface area contributed by atoms with E-state index >= 15 is 0 Å². The van der Waals surface area contributed by atoms with Crippen molar-refractivity contribution in [1.29, 1.82) is 0 Å². The van der Waals surface area contributed by atoms with Gasteiger partial charge in [0.2, 0.25) is 0 Å². The van der Waals surface area contributed by atoms with Gasteiger partial charge in [0.05, 0.1) is 0 Å². The van der Waals surface area contributed by atoms with Crippen LogP contribution in [-0.2, 0) is 19.4 Å². The number of hydrogen-bond acceptors (Lipinski definition) is 1. The van der Waals surface area contributed by atoms with Crippen molar-refractivity contribution in [3.8, 4) is 11.1 Å². The summed E-state index contributed by atoms with van der Waals surface area (Å²) in [5.41, 5.74) is 7.12. The third-order valence-electron chi connectivity index (χ3n) is 3.74. The molecule has 3 rings (SSSR count). The molecule has 0 saturated heterocycles. The number of fused-ring (bicyclic) bond motifs is 1. The largest absolute Gasteiger partial charge is 0.316 e. The first-order valence-corrected chi connectivity index (χ1v) is 6.72. The smallest absolute Gasteiger partial charge is 0.0202 e. The van der Waals surface area contributed by atoms with Crippen LogP contribution in [0.4, 0.5) is 0 Å². The van der Waals surface area contributed by atoms with Crippen LogP contribution < -0.4 is 5.32 Å². The van der Waals surface area contributed by atoms with Crippen LogP contribution in [0, 0.1) is 0 Å². The van der Waals surface area contributed by atoms with E-state index in [0.29, 0.717) is 0 Å². The number of hydrogen-bond donors (Lipinski definition) is 1. The molecule has 1 nitrogen and oxygen atoms in total. The quantitative estimate of drug-likeness (QED) is 0.860. The Hall–Kier alpha value is -1.60. The molecule has 0 unspecified atom stereocenters. The molecule has 0 amide bonds. The van der Waals surface area contributed by atoms with Crippen molar-refractivity contribution in [2.75, 3.05) is 7.05 Å². The van der Waals surface area contributed by atoms with E-state index in [9.17, 15) is 0 Å². The summed E-state index contributed by atoms with van der Waals surface area (Å²) in [5, 5.41) is 3.20. The molecule has 0 heterocycles. The van der Waals surface area contributed by atoms with Gasteiger partial charge >= 0.3 is 0 Å². The second kappa shape index (κ2) is 4.95. The summed E-state index contributed by atoms with van der Waals surface area (Å²) in [6.45, 7) is 0.929. The minimum absolute atomic E-state index is 0.929. The predicted molar refractivity (Wildman–Crippen MR) is 76.7 cm³/mol. The Kier molecular flexibility index (Phi) is 3.16. The van der Waals surface area contributed by atoms with E-state index in [0.717, 1.165) is 6.54 Å². The molecule has 92 valence electrons. The van der Waals surface area contributed by atoms with Crippen molar-refractivity contribution in [3.63, 3.8) is 0 Å². The van der Waals surface area contributed by atoms with E-state index in [1.807, 2.05) is 7.05 Å². The fourth-order valence-corrected chi connectivity index (χ4v) is 2.82. The molecule has 0 fully saturated rings. The molecule has 1 aliphatic carbocycles. The zero-order valence-corrected chi connectivity index (χ0v) is 10.9. The highest BCUT2D eigenvalue weighted by atomic mass is 14.8. The van der Waals surface area contributed by atoms with E-state index in [-0.39, 0.29) is 0 Å². The van der Waals surface area contributed by atoms with Crippen LogP contribution in [0.3, 0.4) is 0 Å². The first kappa shape index (κ1) is 11.5. The molecule has 0 radical (unpaired) electrons. The number of rotatable bonds is 3. The van der Waals surface area contributed by atoms with Crippen molar-refractivity contribution in [2.24, 2.45) is 0 Å². The molecule has 0 spiro atoms. The maximum absolute atomic E-state index is 3.20. The average Bonchev–Trinajstić information content (AvgIpc) is 2.86. The molecule has 1 N–H and O–H groups in total. The molecule has 1 aliphatic rings. The van der Waals surface area contributed by atoms with Gasteiger partial charge in [-0.3, -0.25) is 0 Å². The summed E-state index contributed by atoms with van der Waals surface area (Å²) < 4.78 is 0. The van der Waals surface area contributed by atoms with E-state index < -0.39 is 0 Å². The normalized spacial score (nSPS) is 13.6. The fourth-order valence-electron chi connectivity index (χ4n) is 2.82. The van der Waals surface area contributed by atoms with Crippen LogP contribution in [0.5, 0.6) is 0 Å². The van der Waals surface area contributed by atoms with Gasteiger partial charge in [0.1, 0.15) is 0 Å². The van der Waals surface area contributed by atoms with Crippen LogP contribution >= 0.6 is 0 Å². The van der Waals surface area contributed by atoms with Crippen LogP contribution in [0.25, 0.3) is 11.1 Å². The van der Waals surface area contributed by atoms with Gasteiger partial charge in [-0.1, -0.05) is 36.4 Å². The average molecular weight is 237 g/mol. The molecule has 18 heavy (non-hydrogen) atoms. The molecule has 0 aromatic heterocycles. The highest BCUT2D eigenvalue weighted by molar-refractivity contribution is 5.66. The van der Waals surface area contributed by atoms with Crippen molar-refractivity contribution in [1.82, 2.24) is 5.32 Å². The Balaban J connectivity index is 1.96. The molecule has 2 aromatic rings. The highest BCUT2D eigenvalue weighted by Gasteiger charge is 2.11. The van der Waals surface area contributed by atoms with E-state index in [2.05, 4.69) is 47.8 Å². The summed E-state index contributed by atoms with van der Waals surface area (Å²) in [6, 6.07) is 15.8. The van der Waals surface area contributed by atoms with Gasteiger partial charge in [-0.2, -0.15) is 0 Å². The van der Waals surface area contributed by atoms with E-state index in [1.165, 1.54) is 36.0 Å². The second-order valence-electron chi connectivity index (χ2n) is 5.07. The second-order valence-corrected chi connectivity index (χ2v) is 5.07. The summed E-state index contributed by atoms with van der Waals surface area (Å²) >= 11 is 0. The number of benzene rings is 2. The molecule has 0 atom stereocenters. The summed E-state index contributed by atoms with van der Waals surface area (Å²) in [7, 11) is 1.99. The van der Waals surface area contributed by atoms with E-state index in [1.54, 1.807) is 11.1 Å². The molecule has 1 heteroatoms. The number of nitrogens with one attached hydrogen (secondary N) is 1. The lowest BCUT2D eigenvalue weighted by Crippen LogP contribution is -2.04. The van der Waals surface area contributed by atoms with Gasteiger partial charge in [-0.15, -0.1) is 0 Å². The standard InChI is InChI=1S/C17H19N/c1-18-12-13-4-2-6-15(10-13)17-9-8-14-5-3-7-16(14)11-17/h2,4,6,8-11,18H,3,5,7,12H2,1H3. The van der Waals surface area contributed by atoms with Crippen molar-refractivity contribution in [2.45, 2.75) is 25.8 Å². The topological polar surface area (TPSA) is 12.0 Å². The minimum Gasteiger partial charge on any atom is -0.316 e. The lowest BCUT2D eigenvalue weighted by molar-refractivity contribution is 0.818. The van der Waals surface area contributed by atoms with Gasteiger partial charge in [-0.05, 0) is 60.2 Å². The summed E-state index contributed by atoms with van der Waals surface area (Å²) in [5.74, 6) is 0. The lowest BCUT2D eigenvalue weighted by atomic mass is 9.99. The number of aryl methyl sites for hydroxylation is 2. The Morgan fingerprint density at radius 3 is 2.67 bits per heavy atom. The monoisotopic (exact) mass is 237 g/mol. The Morgan fingerprint density at radius 2 is 1.78 bits per heavy atom. The molecule has 0 aliphatic heterocycles. The summed E-state index contributed by atoms with van der Waals surface area (Å²) in [4.78, 5) is 0. The van der Waals surface area contributed by atoms with Gasteiger partial charge in [-0.25, -0.2) is 0 Å². The van der Waals surface area contributed by atoms with Crippen molar-refractivity contribution in [3.05, 3.63) is 59.2 Å². The van der Waals surface area contributed by atoms with E-state index in [4.69, 9.17) is 0 Å². The highest BCUT2D eigenvalue weighted by Crippen LogP contribution is 2.28. The molecular weight excluding hydrogens is 218 g/mol. The van der Waals surface area contributed by atoms with Crippen LogP contribution in [0.15, 0.2) is 42.5 Å². The molecule has 0 bridgehead atoms. The van der Waals surface area contributed by atoms with Crippen molar-refractivity contribution >= 4 is 0 Å². The zero-order valence-electron chi connectivity index (χ0n) is 10.9. The minimum atomic E-state index is 0.929. The Bertz CT molecular complexity index is 557. The van der Waals surface area contributed by atoms with Gasteiger partial charge in [0.25, 0.3) is 0 Å². The summed E-state index contributed by atoms with van der Waals surface area (Å²) in [6.07, 6.45) is 3.83. The van der Waals surface area contributed by atoms with Crippen LogP contribution in [0.1, 0.15) is 23.1 Å².